The molecule has 49 heavy (non-hydrogen) atoms. The first-order chi connectivity index (χ1) is 23.9. The van der Waals surface area contributed by atoms with Gasteiger partial charge >= 0.3 is 7.82 Å². The van der Waals surface area contributed by atoms with Crippen LogP contribution in [0, 0.1) is 0 Å². The summed E-state index contributed by atoms with van der Waals surface area (Å²) >= 11 is 0. The van der Waals surface area contributed by atoms with Crippen molar-refractivity contribution in [3.8, 4) is 0 Å². The lowest BCUT2D eigenvalue weighted by molar-refractivity contribution is -0.122. The molecule has 3 atom stereocenters. The third-order valence-electron chi connectivity index (χ3n) is 7.79. The van der Waals surface area contributed by atoms with Gasteiger partial charge in [0.2, 0.25) is 5.91 Å². The standard InChI is InChI=1S/C40H71N2O6P/c1-3-5-7-9-11-13-15-17-18-19-20-22-24-26-28-30-32-34-40(44)42-38(37-48-49(45,46)47-36-35-41)39(43)33-31-29-27-25-23-21-16-14-12-10-8-6-4-2/h5,7,11,13,17-18,20,22,26,28,31,33,38-39,43H,3-4,6,8-10,12,14-16,19,21,23-25,27,29-30,32,34-37,41H2,1-2H3,(H,42,44)(H,45,46)/b7-5-,13-11-,18-17-,22-20-,28-26-,33-31+. The predicted octanol–water partition coefficient (Wildman–Crippen LogP) is 10.1. The van der Waals surface area contributed by atoms with E-state index in [0.717, 1.165) is 57.8 Å². The quantitative estimate of drug-likeness (QED) is 0.0298. The van der Waals surface area contributed by atoms with Gasteiger partial charge in [-0.25, -0.2) is 4.57 Å². The second-order valence-electron chi connectivity index (χ2n) is 12.4. The summed E-state index contributed by atoms with van der Waals surface area (Å²) in [4.78, 5) is 22.6. The molecule has 0 heterocycles. The van der Waals surface area contributed by atoms with Gasteiger partial charge in [-0.2, -0.15) is 0 Å². The van der Waals surface area contributed by atoms with Crippen LogP contribution in [0.5, 0.6) is 0 Å². The fourth-order valence-corrected chi connectivity index (χ4v) is 5.69. The number of hydrogen-bond donors (Lipinski definition) is 4. The SMILES string of the molecule is CC/C=C\C/C=C\C/C=C\C/C=C\C/C=C\CCCC(=O)NC(COP(=O)(O)OCCN)C(O)/C=C/CCCCCCCCCCCCC. The molecule has 3 unspecified atom stereocenters. The highest BCUT2D eigenvalue weighted by Gasteiger charge is 2.26. The maximum atomic E-state index is 12.7. The Bertz CT molecular complexity index is 991. The van der Waals surface area contributed by atoms with Gasteiger partial charge in [0.1, 0.15) is 0 Å². The minimum absolute atomic E-state index is 0.0658. The smallest absolute Gasteiger partial charge is 0.387 e. The zero-order valence-corrected chi connectivity index (χ0v) is 31.8. The number of unbranched alkanes of at least 4 members (excludes halogenated alkanes) is 12. The van der Waals surface area contributed by atoms with Crippen LogP contribution in [-0.4, -0.2) is 47.8 Å². The average molecular weight is 707 g/mol. The number of aliphatic hydroxyl groups excluding tert-OH is 1. The number of phosphoric acid groups is 1. The van der Waals surface area contributed by atoms with Crippen LogP contribution in [0.25, 0.3) is 0 Å². The summed E-state index contributed by atoms with van der Waals surface area (Å²) in [5.74, 6) is -0.255. The Labute approximate surface area is 299 Å². The molecule has 0 aromatic heterocycles. The molecular weight excluding hydrogens is 635 g/mol. The first kappa shape index (κ1) is 46.9. The summed E-state index contributed by atoms with van der Waals surface area (Å²) in [5, 5.41) is 13.6. The van der Waals surface area contributed by atoms with Crippen LogP contribution in [0.3, 0.4) is 0 Å². The Morgan fingerprint density at radius 3 is 1.71 bits per heavy atom. The van der Waals surface area contributed by atoms with Gasteiger partial charge < -0.3 is 21.1 Å². The normalized spacial score (nSPS) is 15.1. The number of rotatable bonds is 34. The zero-order valence-electron chi connectivity index (χ0n) is 30.9. The van der Waals surface area contributed by atoms with Crippen LogP contribution in [0.2, 0.25) is 0 Å². The largest absolute Gasteiger partial charge is 0.472 e. The number of nitrogens with two attached hydrogens (primary N) is 1. The van der Waals surface area contributed by atoms with E-state index in [1.54, 1.807) is 6.08 Å². The first-order valence-corrected chi connectivity index (χ1v) is 20.6. The van der Waals surface area contributed by atoms with Gasteiger partial charge in [-0.1, -0.05) is 151 Å². The van der Waals surface area contributed by atoms with E-state index in [-0.39, 0.29) is 32.1 Å². The van der Waals surface area contributed by atoms with Gasteiger partial charge in [-0.15, -0.1) is 0 Å². The van der Waals surface area contributed by atoms with Crippen molar-refractivity contribution in [1.82, 2.24) is 5.32 Å². The maximum absolute atomic E-state index is 12.7. The molecule has 0 spiro atoms. The molecule has 0 aliphatic heterocycles. The Kier molecular flexibility index (Phi) is 34.3. The van der Waals surface area contributed by atoms with Gasteiger partial charge in [0, 0.05) is 13.0 Å². The van der Waals surface area contributed by atoms with Crippen molar-refractivity contribution in [3.63, 3.8) is 0 Å². The minimum atomic E-state index is -4.35. The first-order valence-electron chi connectivity index (χ1n) is 19.1. The van der Waals surface area contributed by atoms with Crippen LogP contribution >= 0.6 is 7.82 Å². The fourth-order valence-electron chi connectivity index (χ4n) is 4.93. The molecule has 1 amide bonds. The maximum Gasteiger partial charge on any atom is 0.472 e. The van der Waals surface area contributed by atoms with E-state index in [2.05, 4.69) is 79.9 Å². The lowest BCUT2D eigenvalue weighted by Gasteiger charge is -2.23. The molecule has 0 radical (unpaired) electrons. The number of hydrogen-bond acceptors (Lipinski definition) is 6. The summed E-state index contributed by atoms with van der Waals surface area (Å²) in [6.07, 6.45) is 45.2. The number of allylic oxidation sites excluding steroid dienone is 11. The number of aliphatic hydroxyl groups is 1. The molecule has 0 aliphatic carbocycles. The third-order valence-corrected chi connectivity index (χ3v) is 8.77. The van der Waals surface area contributed by atoms with Crippen molar-refractivity contribution in [1.29, 1.82) is 0 Å². The molecule has 0 aromatic rings. The Balaban J connectivity index is 4.45. The Morgan fingerprint density at radius 1 is 0.694 bits per heavy atom. The molecule has 5 N–H and O–H groups in total. The highest BCUT2D eigenvalue weighted by atomic mass is 31.2. The van der Waals surface area contributed by atoms with Crippen LogP contribution in [0.1, 0.15) is 142 Å². The second-order valence-corrected chi connectivity index (χ2v) is 13.9. The predicted molar refractivity (Wildman–Crippen MR) is 207 cm³/mol. The van der Waals surface area contributed by atoms with Gasteiger partial charge in [0.05, 0.1) is 25.4 Å². The van der Waals surface area contributed by atoms with Crippen molar-refractivity contribution in [2.24, 2.45) is 5.73 Å². The highest BCUT2D eigenvalue weighted by molar-refractivity contribution is 7.47. The van der Waals surface area contributed by atoms with E-state index in [1.165, 1.54) is 57.8 Å². The number of nitrogens with one attached hydrogen (secondary N) is 1. The highest BCUT2D eigenvalue weighted by Crippen LogP contribution is 2.43. The molecule has 0 aliphatic rings. The number of phosphoric ester groups is 1. The molecule has 0 bridgehead atoms. The third kappa shape index (κ3) is 34.2. The van der Waals surface area contributed by atoms with E-state index in [1.807, 2.05) is 6.08 Å². The summed E-state index contributed by atoms with van der Waals surface area (Å²) < 4.78 is 22.0. The lowest BCUT2D eigenvalue weighted by atomic mass is 10.0. The van der Waals surface area contributed by atoms with Crippen molar-refractivity contribution in [2.75, 3.05) is 19.8 Å². The van der Waals surface area contributed by atoms with Crippen LogP contribution in [0.4, 0.5) is 0 Å². The van der Waals surface area contributed by atoms with E-state index < -0.39 is 20.0 Å². The monoisotopic (exact) mass is 707 g/mol. The molecular formula is C40H71N2O6P. The lowest BCUT2D eigenvalue weighted by Crippen LogP contribution is -2.45. The molecule has 0 fully saturated rings. The fraction of sp³-hybridized carbons (Fsp3) is 0.675. The summed E-state index contributed by atoms with van der Waals surface area (Å²) in [7, 11) is -4.35. The second kappa shape index (κ2) is 35.8. The van der Waals surface area contributed by atoms with E-state index in [0.29, 0.717) is 6.42 Å². The molecule has 282 valence electrons. The van der Waals surface area contributed by atoms with Gasteiger partial charge in [0.25, 0.3) is 0 Å². The van der Waals surface area contributed by atoms with Crippen molar-refractivity contribution in [3.05, 3.63) is 72.9 Å². The Morgan fingerprint density at radius 2 is 1.18 bits per heavy atom. The van der Waals surface area contributed by atoms with Gasteiger partial charge in [-0.05, 0) is 57.8 Å². The van der Waals surface area contributed by atoms with E-state index in [4.69, 9.17) is 14.8 Å². The van der Waals surface area contributed by atoms with Crippen LogP contribution in [0.15, 0.2) is 72.9 Å². The summed E-state index contributed by atoms with van der Waals surface area (Å²) in [5.41, 5.74) is 5.35. The van der Waals surface area contributed by atoms with Crippen LogP contribution < -0.4 is 11.1 Å². The number of carbonyl (C=O) groups is 1. The van der Waals surface area contributed by atoms with Crippen molar-refractivity contribution in [2.45, 2.75) is 154 Å². The molecule has 0 aromatic carbocycles. The molecule has 0 saturated heterocycles. The molecule has 9 heteroatoms. The Hall–Kier alpha value is -2.06. The number of amides is 1. The minimum Gasteiger partial charge on any atom is -0.387 e. The van der Waals surface area contributed by atoms with E-state index >= 15 is 0 Å². The summed E-state index contributed by atoms with van der Waals surface area (Å²) in [6.45, 7) is 3.94. The molecule has 8 nitrogen and oxygen atoms in total. The average Bonchev–Trinajstić information content (AvgIpc) is 3.09. The topological polar surface area (TPSA) is 131 Å². The summed E-state index contributed by atoms with van der Waals surface area (Å²) in [6, 6.07) is -0.892. The van der Waals surface area contributed by atoms with Crippen LogP contribution in [-0.2, 0) is 18.4 Å². The van der Waals surface area contributed by atoms with Gasteiger partial charge in [0.15, 0.2) is 0 Å². The molecule has 0 rings (SSSR count). The van der Waals surface area contributed by atoms with Crippen molar-refractivity contribution >= 4 is 13.7 Å². The van der Waals surface area contributed by atoms with Crippen molar-refractivity contribution < 1.29 is 28.4 Å². The number of carbonyl (C=O) groups excluding carboxylic acids is 1. The van der Waals surface area contributed by atoms with Gasteiger partial charge in [-0.3, -0.25) is 13.8 Å². The zero-order chi connectivity index (χ0) is 36.1. The van der Waals surface area contributed by atoms with E-state index in [9.17, 15) is 19.4 Å². The molecule has 0 saturated carbocycles.